The summed E-state index contributed by atoms with van der Waals surface area (Å²) in [5.74, 6) is -0.560. The summed E-state index contributed by atoms with van der Waals surface area (Å²) in [6.07, 6.45) is 7.51. The zero-order chi connectivity index (χ0) is 32.4. The minimum Gasteiger partial charge on any atom is -0.482 e. The largest absolute Gasteiger partial charge is 0.482 e. The van der Waals surface area contributed by atoms with E-state index < -0.39 is 18.0 Å². The van der Waals surface area contributed by atoms with E-state index in [-0.39, 0.29) is 28.7 Å². The van der Waals surface area contributed by atoms with Crippen LogP contribution in [-0.4, -0.2) is 50.6 Å². The Kier molecular flexibility index (Phi) is 9.44. The number of imide groups is 1. The zero-order valence-electron chi connectivity index (χ0n) is 25.2. The summed E-state index contributed by atoms with van der Waals surface area (Å²) in [6.45, 7) is 4.34. The minimum atomic E-state index is -0.674. The van der Waals surface area contributed by atoms with Gasteiger partial charge >= 0.3 is 0 Å². The van der Waals surface area contributed by atoms with E-state index in [4.69, 9.17) is 33.7 Å². The van der Waals surface area contributed by atoms with Crippen LogP contribution in [0.3, 0.4) is 0 Å². The number of hydrogen-bond acceptors (Lipinski definition) is 8. The van der Waals surface area contributed by atoms with Crippen molar-refractivity contribution >= 4 is 46.5 Å². The number of anilines is 2. The second-order valence-electron chi connectivity index (χ2n) is 11.7. The number of rotatable bonds is 9. The van der Waals surface area contributed by atoms with E-state index in [1.54, 1.807) is 25.4 Å². The van der Waals surface area contributed by atoms with Gasteiger partial charge in [-0.15, -0.1) is 0 Å². The fourth-order valence-electron chi connectivity index (χ4n) is 5.95. The third-order valence-electron chi connectivity index (χ3n) is 8.45. The molecule has 2 amide bonds. The topological polar surface area (TPSA) is 127 Å². The number of hydrogen-bond donors (Lipinski definition) is 3. The zero-order valence-corrected chi connectivity index (χ0v) is 26.7. The Morgan fingerprint density at radius 1 is 1.11 bits per heavy atom. The standard InChI is InChI=1S/C33H34Cl2FN7O3/c1-19(30-25(34)5-6-26(36)31(30)35)46-28-14-21(15-38-32(28)37)22-16-39-43(18-22)24-9-11-42(12-10-24)17-20-3-2-4-23(13-20)40-27-7-8-29(44)41-33(27)45/h2-6,13-16,18-19,24,27,40H,7-12,17H2,1H3,(H2,37,38)(H,41,44,45)/t19-,27?/m1/s1. The van der Waals surface area contributed by atoms with Gasteiger partial charge in [0, 0.05) is 65.8 Å². The highest BCUT2D eigenvalue weighted by Crippen LogP contribution is 2.37. The third-order valence-corrected chi connectivity index (χ3v) is 9.16. The number of pyridine rings is 1. The fraction of sp³-hybridized carbons (Fsp3) is 0.333. The molecule has 10 nitrogen and oxygen atoms in total. The number of aromatic nitrogens is 3. The number of piperidine rings is 2. The maximum atomic E-state index is 14.1. The Hall–Kier alpha value is -4.19. The van der Waals surface area contributed by atoms with Crippen molar-refractivity contribution in [3.8, 4) is 16.9 Å². The molecule has 6 rings (SSSR count). The summed E-state index contributed by atoms with van der Waals surface area (Å²) in [7, 11) is 0. The summed E-state index contributed by atoms with van der Waals surface area (Å²) in [5.41, 5.74) is 10.1. The highest BCUT2D eigenvalue weighted by Gasteiger charge is 2.27. The van der Waals surface area contributed by atoms with Crippen molar-refractivity contribution in [3.63, 3.8) is 0 Å². The average molecular weight is 667 g/mol. The van der Waals surface area contributed by atoms with Crippen LogP contribution in [0.2, 0.25) is 10.0 Å². The molecule has 13 heteroatoms. The van der Waals surface area contributed by atoms with Gasteiger partial charge < -0.3 is 15.8 Å². The van der Waals surface area contributed by atoms with E-state index >= 15 is 0 Å². The second kappa shape index (κ2) is 13.7. The number of halogens is 3. The Bertz CT molecular complexity index is 1760. The number of amides is 2. The number of ether oxygens (including phenoxy) is 1. The van der Waals surface area contributed by atoms with Gasteiger partial charge in [-0.1, -0.05) is 35.3 Å². The first-order chi connectivity index (χ1) is 22.1. The number of nitrogens with two attached hydrogens (primary N) is 1. The molecule has 2 aromatic heterocycles. The molecule has 2 aliphatic rings. The first kappa shape index (κ1) is 31.8. The van der Waals surface area contributed by atoms with Crippen molar-refractivity contribution in [1.82, 2.24) is 25.0 Å². The molecular formula is C33H34Cl2FN7O3. The van der Waals surface area contributed by atoms with Gasteiger partial charge in [0.05, 0.1) is 17.3 Å². The van der Waals surface area contributed by atoms with E-state index in [1.165, 1.54) is 12.1 Å². The van der Waals surface area contributed by atoms with Gasteiger partial charge in [0.1, 0.15) is 18.0 Å². The predicted octanol–water partition coefficient (Wildman–Crippen LogP) is 6.17. The molecule has 0 bridgehead atoms. The summed E-state index contributed by atoms with van der Waals surface area (Å²) in [6, 6.07) is 12.4. The molecule has 4 N–H and O–H groups in total. The normalized spacial score (nSPS) is 18.3. The van der Waals surface area contributed by atoms with Gasteiger partial charge in [-0.2, -0.15) is 5.10 Å². The molecule has 2 atom stereocenters. The highest BCUT2D eigenvalue weighted by molar-refractivity contribution is 6.36. The third kappa shape index (κ3) is 7.11. The van der Waals surface area contributed by atoms with Gasteiger partial charge in [0.2, 0.25) is 11.8 Å². The van der Waals surface area contributed by atoms with Crippen molar-refractivity contribution < 1.29 is 18.7 Å². The van der Waals surface area contributed by atoms with Gasteiger partial charge in [-0.3, -0.25) is 24.5 Å². The average Bonchev–Trinajstić information content (AvgIpc) is 3.53. The number of likely N-dealkylation sites (tertiary alicyclic amines) is 1. The maximum Gasteiger partial charge on any atom is 0.249 e. The molecule has 0 radical (unpaired) electrons. The molecule has 0 saturated carbocycles. The Labute approximate surface area is 276 Å². The number of nitrogens with zero attached hydrogens (tertiary/aromatic N) is 4. The molecule has 1 unspecified atom stereocenters. The predicted molar refractivity (Wildman–Crippen MR) is 175 cm³/mol. The van der Waals surface area contributed by atoms with Crippen molar-refractivity contribution in [1.29, 1.82) is 0 Å². The fourth-order valence-corrected chi connectivity index (χ4v) is 6.63. The maximum absolute atomic E-state index is 14.1. The molecule has 4 heterocycles. The van der Waals surface area contributed by atoms with E-state index in [2.05, 4.69) is 37.7 Å². The van der Waals surface area contributed by atoms with E-state index in [0.29, 0.717) is 29.2 Å². The molecule has 4 aromatic rings. The lowest BCUT2D eigenvalue weighted by atomic mass is 10.0. The number of nitrogens with one attached hydrogen (secondary N) is 2. The highest BCUT2D eigenvalue weighted by atomic mass is 35.5. The quantitative estimate of drug-likeness (QED) is 0.143. The monoisotopic (exact) mass is 665 g/mol. The summed E-state index contributed by atoms with van der Waals surface area (Å²) >= 11 is 12.5. The molecule has 2 fully saturated rings. The molecule has 2 aromatic carbocycles. The van der Waals surface area contributed by atoms with Crippen molar-refractivity contribution in [3.05, 3.63) is 88.0 Å². The molecule has 46 heavy (non-hydrogen) atoms. The summed E-state index contributed by atoms with van der Waals surface area (Å²) < 4.78 is 22.1. The first-order valence-electron chi connectivity index (χ1n) is 15.2. The first-order valence-corrected chi connectivity index (χ1v) is 15.9. The lowest BCUT2D eigenvalue weighted by Gasteiger charge is -2.32. The van der Waals surface area contributed by atoms with Gasteiger partial charge in [0.25, 0.3) is 0 Å². The van der Waals surface area contributed by atoms with Crippen LogP contribution in [0.1, 0.15) is 55.9 Å². The lowest BCUT2D eigenvalue weighted by Crippen LogP contribution is -2.47. The molecule has 2 saturated heterocycles. The van der Waals surface area contributed by atoms with Crippen molar-refractivity contribution in [2.75, 3.05) is 24.1 Å². The van der Waals surface area contributed by atoms with E-state index in [1.807, 2.05) is 23.0 Å². The number of carbonyl (C=O) groups excluding carboxylic acids is 2. The van der Waals surface area contributed by atoms with Crippen LogP contribution < -0.4 is 21.1 Å². The van der Waals surface area contributed by atoms with Gasteiger partial charge in [-0.25, -0.2) is 9.37 Å². The minimum absolute atomic E-state index is 0.0923. The van der Waals surface area contributed by atoms with E-state index in [9.17, 15) is 14.0 Å². The molecular weight excluding hydrogens is 632 g/mol. The molecule has 0 aliphatic carbocycles. The Morgan fingerprint density at radius 3 is 2.70 bits per heavy atom. The van der Waals surface area contributed by atoms with Crippen LogP contribution in [-0.2, 0) is 16.1 Å². The molecule has 2 aliphatic heterocycles. The smallest absolute Gasteiger partial charge is 0.249 e. The van der Waals surface area contributed by atoms with Crippen LogP contribution in [0.4, 0.5) is 15.9 Å². The molecule has 0 spiro atoms. The number of nitrogen functional groups attached to an aromatic ring is 1. The number of carbonyl (C=O) groups is 2. The SMILES string of the molecule is C[C@@H](Oc1cc(-c2cnn(C3CCN(Cc4cccc(NC5CCC(=O)NC5=O)c4)CC3)c2)cnc1N)c1c(Cl)ccc(F)c1Cl. The summed E-state index contributed by atoms with van der Waals surface area (Å²) in [4.78, 5) is 30.3. The van der Waals surface area contributed by atoms with Crippen molar-refractivity contribution in [2.24, 2.45) is 0 Å². The second-order valence-corrected chi connectivity index (χ2v) is 12.5. The number of benzene rings is 2. The molecule has 240 valence electrons. The van der Waals surface area contributed by atoms with Gasteiger partial charge in [-0.05, 0) is 62.1 Å². The van der Waals surface area contributed by atoms with E-state index in [0.717, 1.165) is 54.9 Å². The van der Waals surface area contributed by atoms with Crippen LogP contribution in [0.25, 0.3) is 11.1 Å². The van der Waals surface area contributed by atoms with Crippen LogP contribution in [0.15, 0.2) is 61.1 Å². The van der Waals surface area contributed by atoms with Crippen molar-refractivity contribution in [2.45, 2.75) is 57.3 Å². The van der Waals surface area contributed by atoms with Crippen LogP contribution >= 0.6 is 23.2 Å². The Balaban J connectivity index is 1.06. The Morgan fingerprint density at radius 2 is 1.91 bits per heavy atom. The lowest BCUT2D eigenvalue weighted by molar-refractivity contribution is -0.133. The van der Waals surface area contributed by atoms with Crippen LogP contribution in [0, 0.1) is 5.82 Å². The van der Waals surface area contributed by atoms with Crippen LogP contribution in [0.5, 0.6) is 5.75 Å². The summed E-state index contributed by atoms with van der Waals surface area (Å²) in [5, 5.41) is 10.5. The van der Waals surface area contributed by atoms with Gasteiger partial charge in [0.15, 0.2) is 11.6 Å².